The van der Waals surface area contributed by atoms with E-state index < -0.39 is 16.9 Å². The molecule has 0 unspecified atom stereocenters. The van der Waals surface area contributed by atoms with E-state index >= 15 is 0 Å². The van der Waals surface area contributed by atoms with Crippen molar-refractivity contribution in [1.82, 2.24) is 0 Å². The molecule has 0 saturated carbocycles. The van der Waals surface area contributed by atoms with E-state index in [4.69, 9.17) is 13.9 Å². The summed E-state index contributed by atoms with van der Waals surface area (Å²) in [6.07, 6.45) is 1.13. The molecule has 0 aliphatic carbocycles. The Balaban J connectivity index is 2.38. The Hall–Kier alpha value is -3.35. The van der Waals surface area contributed by atoms with Gasteiger partial charge in [-0.2, -0.15) is 0 Å². The van der Waals surface area contributed by atoms with Gasteiger partial charge >= 0.3 is 0 Å². The SMILES string of the molecule is COc1cc(O)c2c(=O)c(-c3cccc(O)c3OC)coc2c1O. The Morgan fingerprint density at radius 1 is 1.00 bits per heavy atom. The zero-order valence-electron chi connectivity index (χ0n) is 12.9. The van der Waals surface area contributed by atoms with Crippen molar-refractivity contribution in [2.45, 2.75) is 0 Å². The van der Waals surface area contributed by atoms with Gasteiger partial charge in [-0.05, 0) is 6.07 Å². The lowest BCUT2D eigenvalue weighted by Gasteiger charge is -2.11. The van der Waals surface area contributed by atoms with Gasteiger partial charge in [-0.25, -0.2) is 0 Å². The van der Waals surface area contributed by atoms with Gasteiger partial charge in [0, 0.05) is 11.6 Å². The lowest BCUT2D eigenvalue weighted by Crippen LogP contribution is -2.06. The highest BCUT2D eigenvalue weighted by molar-refractivity contribution is 5.93. The molecule has 3 aromatic rings. The van der Waals surface area contributed by atoms with Gasteiger partial charge in [0.15, 0.2) is 22.8 Å². The lowest BCUT2D eigenvalue weighted by atomic mass is 10.0. The van der Waals surface area contributed by atoms with Crippen molar-refractivity contribution in [2.24, 2.45) is 0 Å². The van der Waals surface area contributed by atoms with Gasteiger partial charge in [-0.3, -0.25) is 4.79 Å². The van der Waals surface area contributed by atoms with Crippen LogP contribution in [-0.4, -0.2) is 29.5 Å². The quantitative estimate of drug-likeness (QED) is 0.633. The van der Waals surface area contributed by atoms with E-state index in [1.807, 2.05) is 0 Å². The molecule has 24 heavy (non-hydrogen) atoms. The van der Waals surface area contributed by atoms with Gasteiger partial charge < -0.3 is 29.2 Å². The second kappa shape index (κ2) is 5.69. The van der Waals surface area contributed by atoms with E-state index in [1.54, 1.807) is 12.1 Å². The summed E-state index contributed by atoms with van der Waals surface area (Å²) in [5.41, 5.74) is -0.423. The molecule has 124 valence electrons. The normalized spacial score (nSPS) is 10.8. The van der Waals surface area contributed by atoms with E-state index in [0.29, 0.717) is 5.56 Å². The van der Waals surface area contributed by atoms with Crippen LogP contribution in [0.3, 0.4) is 0 Å². The molecule has 0 spiro atoms. The van der Waals surface area contributed by atoms with Crippen LogP contribution in [0, 0.1) is 0 Å². The summed E-state index contributed by atoms with van der Waals surface area (Å²) < 4.78 is 15.4. The fourth-order valence-electron chi connectivity index (χ4n) is 2.54. The second-order valence-electron chi connectivity index (χ2n) is 4.99. The van der Waals surface area contributed by atoms with Gasteiger partial charge in [-0.15, -0.1) is 0 Å². The topological polar surface area (TPSA) is 109 Å². The molecule has 7 heteroatoms. The van der Waals surface area contributed by atoms with Crippen molar-refractivity contribution in [3.8, 4) is 39.9 Å². The Kier molecular flexibility index (Phi) is 3.69. The van der Waals surface area contributed by atoms with Gasteiger partial charge in [0.1, 0.15) is 17.4 Å². The Morgan fingerprint density at radius 2 is 1.75 bits per heavy atom. The Morgan fingerprint density at radius 3 is 2.42 bits per heavy atom. The highest BCUT2D eigenvalue weighted by atomic mass is 16.5. The molecule has 0 aliphatic heterocycles. The molecule has 0 bridgehead atoms. The summed E-state index contributed by atoms with van der Waals surface area (Å²) in [6.45, 7) is 0. The average molecular weight is 330 g/mol. The standard InChI is InChI=1S/C17H14O7/c1-22-12-6-11(19)13-14(20)9(7-24-17(13)15(12)21)8-4-3-5-10(18)16(8)23-2/h3-7,18-19,21H,1-2H3. The zero-order valence-corrected chi connectivity index (χ0v) is 12.9. The maximum absolute atomic E-state index is 12.8. The van der Waals surface area contributed by atoms with E-state index in [1.165, 1.54) is 20.3 Å². The number of aromatic hydroxyl groups is 3. The molecule has 7 nitrogen and oxygen atoms in total. The van der Waals surface area contributed by atoms with E-state index in [-0.39, 0.29) is 33.8 Å². The summed E-state index contributed by atoms with van der Waals surface area (Å²) in [5.74, 6) is -0.852. The van der Waals surface area contributed by atoms with Crippen molar-refractivity contribution >= 4 is 11.0 Å². The number of phenolic OH excluding ortho intramolecular Hbond substituents is 3. The van der Waals surface area contributed by atoms with Crippen LogP contribution in [-0.2, 0) is 0 Å². The summed E-state index contributed by atoms with van der Waals surface area (Å²) in [7, 11) is 2.67. The van der Waals surface area contributed by atoms with Crippen LogP contribution >= 0.6 is 0 Å². The first-order valence-corrected chi connectivity index (χ1v) is 6.90. The van der Waals surface area contributed by atoms with Crippen molar-refractivity contribution in [3.05, 3.63) is 40.8 Å². The number of hydrogen-bond acceptors (Lipinski definition) is 7. The number of rotatable bonds is 3. The van der Waals surface area contributed by atoms with E-state index in [2.05, 4.69) is 0 Å². The molecule has 0 fully saturated rings. The predicted molar refractivity (Wildman–Crippen MR) is 86.0 cm³/mol. The number of benzene rings is 2. The minimum Gasteiger partial charge on any atom is -0.507 e. The molecule has 0 saturated heterocycles. The minimum absolute atomic E-state index is 0.0224. The first kappa shape index (κ1) is 15.5. The van der Waals surface area contributed by atoms with Crippen molar-refractivity contribution < 1.29 is 29.2 Å². The molecule has 2 aromatic carbocycles. The number of para-hydroxylation sites is 1. The molecule has 0 aliphatic rings. The Labute approximate surface area is 135 Å². The molecular formula is C17H14O7. The fraction of sp³-hybridized carbons (Fsp3) is 0.118. The molecule has 3 rings (SSSR count). The maximum atomic E-state index is 12.8. The Bertz CT molecular complexity index is 988. The third-order valence-electron chi connectivity index (χ3n) is 3.67. The van der Waals surface area contributed by atoms with Gasteiger partial charge in [0.2, 0.25) is 11.2 Å². The minimum atomic E-state index is -0.587. The summed E-state index contributed by atoms with van der Waals surface area (Å²) in [4.78, 5) is 12.8. The van der Waals surface area contributed by atoms with E-state index in [0.717, 1.165) is 12.3 Å². The third kappa shape index (κ3) is 2.18. The molecule has 1 heterocycles. The number of phenols is 3. The smallest absolute Gasteiger partial charge is 0.204 e. The summed E-state index contributed by atoms with van der Waals surface area (Å²) in [6, 6.07) is 5.65. The highest BCUT2D eigenvalue weighted by Gasteiger charge is 2.21. The van der Waals surface area contributed by atoms with Crippen LogP contribution in [0.2, 0.25) is 0 Å². The van der Waals surface area contributed by atoms with E-state index in [9.17, 15) is 20.1 Å². The number of methoxy groups -OCH3 is 2. The maximum Gasteiger partial charge on any atom is 0.204 e. The molecule has 0 atom stereocenters. The summed E-state index contributed by atoms with van der Waals surface area (Å²) in [5, 5.41) is 29.8. The molecule has 1 aromatic heterocycles. The highest BCUT2D eigenvalue weighted by Crippen LogP contribution is 2.41. The summed E-state index contributed by atoms with van der Waals surface area (Å²) >= 11 is 0. The molecule has 0 amide bonds. The number of hydrogen-bond donors (Lipinski definition) is 3. The lowest BCUT2D eigenvalue weighted by molar-refractivity contribution is 0.367. The molecule has 3 N–H and O–H groups in total. The predicted octanol–water partition coefficient (Wildman–Crippen LogP) is 2.59. The van der Waals surface area contributed by atoms with Crippen LogP contribution in [0.25, 0.3) is 22.1 Å². The van der Waals surface area contributed by atoms with Crippen molar-refractivity contribution in [2.75, 3.05) is 14.2 Å². The zero-order chi connectivity index (χ0) is 17.4. The van der Waals surface area contributed by atoms with Gasteiger partial charge in [0.25, 0.3) is 0 Å². The van der Waals surface area contributed by atoms with Crippen LogP contribution in [0.1, 0.15) is 0 Å². The molecule has 0 radical (unpaired) electrons. The second-order valence-corrected chi connectivity index (χ2v) is 4.99. The van der Waals surface area contributed by atoms with Crippen LogP contribution in [0.5, 0.6) is 28.7 Å². The van der Waals surface area contributed by atoms with Crippen molar-refractivity contribution in [1.29, 1.82) is 0 Å². The number of fused-ring (bicyclic) bond motifs is 1. The fourth-order valence-corrected chi connectivity index (χ4v) is 2.54. The van der Waals surface area contributed by atoms with Crippen LogP contribution in [0.15, 0.2) is 39.7 Å². The van der Waals surface area contributed by atoms with Crippen LogP contribution in [0.4, 0.5) is 0 Å². The molecular weight excluding hydrogens is 316 g/mol. The first-order valence-electron chi connectivity index (χ1n) is 6.90. The first-order chi connectivity index (χ1) is 11.5. The monoisotopic (exact) mass is 330 g/mol. The average Bonchev–Trinajstić information content (AvgIpc) is 2.57. The largest absolute Gasteiger partial charge is 0.507 e. The van der Waals surface area contributed by atoms with Gasteiger partial charge in [0.05, 0.1) is 19.8 Å². The van der Waals surface area contributed by atoms with Gasteiger partial charge in [-0.1, -0.05) is 12.1 Å². The van der Waals surface area contributed by atoms with Crippen molar-refractivity contribution in [3.63, 3.8) is 0 Å². The van der Waals surface area contributed by atoms with Crippen LogP contribution < -0.4 is 14.9 Å². The number of ether oxygens (including phenoxy) is 2. The third-order valence-corrected chi connectivity index (χ3v) is 3.67.